The van der Waals surface area contributed by atoms with Crippen molar-refractivity contribution in [1.29, 1.82) is 0 Å². The van der Waals surface area contributed by atoms with E-state index in [0.717, 1.165) is 31.5 Å². The Morgan fingerprint density at radius 3 is 2.61 bits per heavy atom. The van der Waals surface area contributed by atoms with Crippen molar-refractivity contribution in [2.24, 2.45) is 11.7 Å². The van der Waals surface area contributed by atoms with E-state index >= 15 is 0 Å². The molecule has 1 aromatic rings. The summed E-state index contributed by atoms with van der Waals surface area (Å²) < 4.78 is 13.3. The number of halogens is 1. The average Bonchev–Trinajstić information content (AvgIpc) is 2.37. The highest BCUT2D eigenvalue weighted by Gasteiger charge is 2.23. The number of likely N-dealkylation sites (tertiary alicyclic amines) is 1. The first-order valence-corrected chi connectivity index (χ1v) is 6.36. The fourth-order valence-corrected chi connectivity index (χ4v) is 2.41. The predicted octanol–water partition coefficient (Wildman–Crippen LogP) is 1.95. The summed E-state index contributed by atoms with van der Waals surface area (Å²) in [7, 11) is 0. The molecule has 1 aromatic carbocycles. The molecule has 0 unspecified atom stereocenters. The van der Waals surface area contributed by atoms with Gasteiger partial charge in [0.05, 0.1) is 0 Å². The molecule has 0 aliphatic carbocycles. The number of aryl methyl sites for hydroxylation is 1. The van der Waals surface area contributed by atoms with Gasteiger partial charge in [0.25, 0.3) is 5.91 Å². The van der Waals surface area contributed by atoms with Crippen LogP contribution in [0.15, 0.2) is 18.2 Å². The number of nitrogens with two attached hydrogens (primary N) is 1. The second-order valence-electron chi connectivity index (χ2n) is 4.99. The van der Waals surface area contributed by atoms with Crippen molar-refractivity contribution in [1.82, 2.24) is 4.90 Å². The van der Waals surface area contributed by atoms with E-state index in [1.165, 1.54) is 12.1 Å². The second-order valence-corrected chi connectivity index (χ2v) is 4.99. The van der Waals surface area contributed by atoms with Crippen LogP contribution in [0.25, 0.3) is 0 Å². The molecule has 1 aliphatic rings. The lowest BCUT2D eigenvalue weighted by atomic mass is 9.96. The van der Waals surface area contributed by atoms with Crippen molar-refractivity contribution < 1.29 is 9.18 Å². The predicted molar refractivity (Wildman–Crippen MR) is 68.8 cm³/mol. The van der Waals surface area contributed by atoms with Crippen molar-refractivity contribution in [3.8, 4) is 0 Å². The monoisotopic (exact) mass is 250 g/mol. The van der Waals surface area contributed by atoms with E-state index in [1.54, 1.807) is 17.9 Å². The van der Waals surface area contributed by atoms with Crippen LogP contribution in [0.4, 0.5) is 4.39 Å². The second kappa shape index (κ2) is 5.48. The van der Waals surface area contributed by atoms with Crippen molar-refractivity contribution in [3.63, 3.8) is 0 Å². The van der Waals surface area contributed by atoms with E-state index in [2.05, 4.69) is 0 Å². The largest absolute Gasteiger partial charge is 0.339 e. The summed E-state index contributed by atoms with van der Waals surface area (Å²) >= 11 is 0. The Bertz CT molecular complexity index is 419. The van der Waals surface area contributed by atoms with Gasteiger partial charge in [-0.1, -0.05) is 0 Å². The Kier molecular flexibility index (Phi) is 3.97. The molecule has 0 bridgehead atoms. The first kappa shape index (κ1) is 13.0. The number of rotatable bonds is 2. The van der Waals surface area contributed by atoms with Crippen molar-refractivity contribution in [3.05, 3.63) is 35.1 Å². The number of nitrogens with zero attached hydrogens (tertiary/aromatic N) is 1. The fourth-order valence-electron chi connectivity index (χ4n) is 2.41. The highest BCUT2D eigenvalue weighted by atomic mass is 19.1. The highest BCUT2D eigenvalue weighted by Crippen LogP contribution is 2.19. The van der Waals surface area contributed by atoms with E-state index in [9.17, 15) is 9.18 Å². The van der Waals surface area contributed by atoms with Gasteiger partial charge in [-0.3, -0.25) is 4.79 Å². The first-order valence-electron chi connectivity index (χ1n) is 6.36. The summed E-state index contributed by atoms with van der Waals surface area (Å²) in [6.45, 7) is 3.91. The van der Waals surface area contributed by atoms with Crippen molar-refractivity contribution >= 4 is 5.91 Å². The molecular formula is C14H19FN2O. The molecule has 2 rings (SSSR count). The summed E-state index contributed by atoms with van der Waals surface area (Å²) in [5.74, 6) is 0.0894. The zero-order valence-electron chi connectivity index (χ0n) is 10.7. The number of carbonyl (C=O) groups excluding carboxylic acids is 1. The lowest BCUT2D eigenvalue weighted by Gasteiger charge is -2.31. The zero-order valence-corrected chi connectivity index (χ0v) is 10.7. The van der Waals surface area contributed by atoms with Gasteiger partial charge in [-0.2, -0.15) is 0 Å². The summed E-state index contributed by atoms with van der Waals surface area (Å²) in [4.78, 5) is 14.0. The minimum Gasteiger partial charge on any atom is -0.339 e. The first-order chi connectivity index (χ1) is 8.60. The quantitative estimate of drug-likeness (QED) is 0.872. The molecule has 0 spiro atoms. The van der Waals surface area contributed by atoms with Gasteiger partial charge in [-0.25, -0.2) is 4.39 Å². The number of benzene rings is 1. The molecule has 0 radical (unpaired) electrons. The van der Waals surface area contributed by atoms with Crippen LogP contribution in [-0.4, -0.2) is 30.4 Å². The molecule has 1 aliphatic heterocycles. The molecule has 0 atom stereocenters. The number of piperidine rings is 1. The van der Waals surface area contributed by atoms with Crippen LogP contribution >= 0.6 is 0 Å². The molecule has 1 saturated heterocycles. The average molecular weight is 250 g/mol. The highest BCUT2D eigenvalue weighted by molar-refractivity contribution is 5.94. The van der Waals surface area contributed by atoms with Crippen LogP contribution < -0.4 is 5.73 Å². The SMILES string of the molecule is Cc1cc(F)cc(C(=O)N2CCC(CN)CC2)c1. The third-order valence-corrected chi connectivity index (χ3v) is 3.52. The smallest absolute Gasteiger partial charge is 0.253 e. The third-order valence-electron chi connectivity index (χ3n) is 3.52. The zero-order chi connectivity index (χ0) is 13.1. The topological polar surface area (TPSA) is 46.3 Å². The van der Waals surface area contributed by atoms with E-state index in [4.69, 9.17) is 5.73 Å². The number of hydrogen-bond donors (Lipinski definition) is 1. The van der Waals surface area contributed by atoms with Gasteiger partial charge >= 0.3 is 0 Å². The molecule has 0 saturated carbocycles. The van der Waals surface area contributed by atoms with Gasteiger partial charge in [0, 0.05) is 18.7 Å². The Hall–Kier alpha value is -1.42. The Labute approximate surface area is 107 Å². The van der Waals surface area contributed by atoms with Gasteiger partial charge < -0.3 is 10.6 Å². The van der Waals surface area contributed by atoms with Gasteiger partial charge in [-0.15, -0.1) is 0 Å². The van der Waals surface area contributed by atoms with Crippen LogP contribution in [0.1, 0.15) is 28.8 Å². The number of hydrogen-bond acceptors (Lipinski definition) is 2. The Morgan fingerprint density at radius 2 is 2.06 bits per heavy atom. The Balaban J connectivity index is 2.07. The van der Waals surface area contributed by atoms with Gasteiger partial charge in [0.2, 0.25) is 0 Å². The molecular weight excluding hydrogens is 231 g/mol. The molecule has 1 amide bonds. The lowest BCUT2D eigenvalue weighted by molar-refractivity contribution is 0.0693. The van der Waals surface area contributed by atoms with Crippen molar-refractivity contribution in [2.75, 3.05) is 19.6 Å². The van der Waals surface area contributed by atoms with Crippen LogP contribution in [0.2, 0.25) is 0 Å². The maximum Gasteiger partial charge on any atom is 0.253 e. The molecule has 98 valence electrons. The minimum atomic E-state index is -0.352. The molecule has 0 aromatic heterocycles. The lowest BCUT2D eigenvalue weighted by Crippen LogP contribution is -2.40. The van der Waals surface area contributed by atoms with E-state index in [1.807, 2.05) is 0 Å². The van der Waals surface area contributed by atoms with Crippen LogP contribution in [0.5, 0.6) is 0 Å². The maximum atomic E-state index is 13.3. The molecule has 1 heterocycles. The standard InChI is InChI=1S/C14H19FN2O/c1-10-6-12(8-13(15)7-10)14(18)17-4-2-11(9-16)3-5-17/h6-8,11H,2-5,9,16H2,1H3. The van der Waals surface area contributed by atoms with Gasteiger partial charge in [-0.05, 0) is 56.0 Å². The summed E-state index contributed by atoms with van der Waals surface area (Å²) in [5.41, 5.74) is 6.84. The van der Waals surface area contributed by atoms with Gasteiger partial charge in [0.15, 0.2) is 0 Å². The van der Waals surface area contributed by atoms with E-state index in [-0.39, 0.29) is 11.7 Å². The van der Waals surface area contributed by atoms with Gasteiger partial charge in [0.1, 0.15) is 5.82 Å². The van der Waals surface area contributed by atoms with Crippen LogP contribution in [0.3, 0.4) is 0 Å². The van der Waals surface area contributed by atoms with E-state index in [0.29, 0.717) is 18.0 Å². The molecule has 4 heteroatoms. The summed E-state index contributed by atoms with van der Waals surface area (Å²) in [5, 5.41) is 0. The minimum absolute atomic E-state index is 0.0759. The fraction of sp³-hybridized carbons (Fsp3) is 0.500. The Morgan fingerprint density at radius 1 is 1.39 bits per heavy atom. The third kappa shape index (κ3) is 2.88. The normalized spacial score (nSPS) is 16.9. The summed E-state index contributed by atoms with van der Waals surface area (Å²) in [6.07, 6.45) is 1.88. The van der Waals surface area contributed by atoms with Crippen LogP contribution in [-0.2, 0) is 0 Å². The molecule has 2 N–H and O–H groups in total. The molecule has 3 nitrogen and oxygen atoms in total. The molecule has 18 heavy (non-hydrogen) atoms. The summed E-state index contributed by atoms with van der Waals surface area (Å²) in [6, 6.07) is 4.47. The van der Waals surface area contributed by atoms with Crippen LogP contribution in [0, 0.1) is 18.7 Å². The maximum absolute atomic E-state index is 13.3. The molecule has 1 fully saturated rings. The number of carbonyl (C=O) groups is 1. The van der Waals surface area contributed by atoms with Crippen molar-refractivity contribution in [2.45, 2.75) is 19.8 Å². The van der Waals surface area contributed by atoms with E-state index < -0.39 is 0 Å². The number of amides is 1.